The number of nitrogens with zero attached hydrogens (tertiary/aromatic N) is 5. The number of alkyl halides is 2. The van der Waals surface area contributed by atoms with Crippen LogP contribution in [0.25, 0.3) is 0 Å². The second-order valence-corrected chi connectivity index (χ2v) is 7.41. The molecule has 0 aliphatic carbocycles. The molecule has 1 amide bonds. The van der Waals surface area contributed by atoms with Crippen LogP contribution in [0.5, 0.6) is 0 Å². The number of aromatic nitrogens is 3. The number of pyridine rings is 1. The van der Waals surface area contributed by atoms with Gasteiger partial charge in [0.1, 0.15) is 0 Å². The van der Waals surface area contributed by atoms with Gasteiger partial charge in [0.15, 0.2) is 5.82 Å². The molecule has 2 aliphatic heterocycles. The van der Waals surface area contributed by atoms with Gasteiger partial charge in [-0.05, 0) is 37.6 Å². The number of hydrogen-bond donors (Lipinski definition) is 0. The minimum atomic E-state index is -2.83. The molecule has 2 aliphatic rings. The Morgan fingerprint density at radius 1 is 1.11 bits per heavy atom. The van der Waals surface area contributed by atoms with Crippen molar-refractivity contribution in [2.45, 2.75) is 25.7 Å². The maximum atomic E-state index is 14.9. The maximum absolute atomic E-state index is 14.9. The molecule has 0 radical (unpaired) electrons. The van der Waals surface area contributed by atoms with Crippen molar-refractivity contribution in [2.24, 2.45) is 5.41 Å². The second-order valence-electron chi connectivity index (χ2n) is 7.41. The van der Waals surface area contributed by atoms with E-state index in [0.717, 1.165) is 5.69 Å². The van der Waals surface area contributed by atoms with Crippen LogP contribution in [0.4, 0.5) is 14.6 Å². The van der Waals surface area contributed by atoms with E-state index >= 15 is 0 Å². The Morgan fingerprint density at radius 3 is 2.67 bits per heavy atom. The molecule has 2 saturated heterocycles. The highest BCUT2D eigenvalue weighted by Crippen LogP contribution is 2.50. The van der Waals surface area contributed by atoms with Gasteiger partial charge in [-0.25, -0.2) is 8.78 Å². The van der Waals surface area contributed by atoms with Crippen LogP contribution in [0.15, 0.2) is 36.7 Å². The van der Waals surface area contributed by atoms with E-state index in [4.69, 9.17) is 0 Å². The summed E-state index contributed by atoms with van der Waals surface area (Å²) >= 11 is 0. The lowest BCUT2D eigenvalue weighted by atomic mass is 9.75. The summed E-state index contributed by atoms with van der Waals surface area (Å²) in [5.74, 6) is -2.47. The van der Waals surface area contributed by atoms with E-state index < -0.39 is 11.3 Å². The van der Waals surface area contributed by atoms with E-state index in [1.807, 2.05) is 17.9 Å². The van der Waals surface area contributed by atoms with E-state index in [1.165, 1.54) is 6.20 Å². The first-order valence-corrected chi connectivity index (χ1v) is 9.03. The smallest absolute Gasteiger partial charge is 0.258 e. The molecule has 6 nitrogen and oxygen atoms in total. The van der Waals surface area contributed by atoms with Gasteiger partial charge in [-0.3, -0.25) is 9.78 Å². The molecular formula is C19H21F2N5O. The third kappa shape index (κ3) is 3.13. The fourth-order valence-corrected chi connectivity index (χ4v) is 4.00. The van der Waals surface area contributed by atoms with Crippen molar-refractivity contribution in [3.05, 3.63) is 47.9 Å². The number of halogens is 2. The van der Waals surface area contributed by atoms with Gasteiger partial charge in [0.2, 0.25) is 0 Å². The topological polar surface area (TPSA) is 62.2 Å². The summed E-state index contributed by atoms with van der Waals surface area (Å²) in [6, 6.07) is 6.97. The first-order valence-electron chi connectivity index (χ1n) is 9.03. The summed E-state index contributed by atoms with van der Waals surface area (Å²) in [5.41, 5.74) is -0.0589. The number of hydrogen-bond acceptors (Lipinski definition) is 5. The predicted octanol–water partition coefficient (Wildman–Crippen LogP) is 2.56. The van der Waals surface area contributed by atoms with E-state index in [2.05, 4.69) is 15.2 Å². The highest BCUT2D eigenvalue weighted by molar-refractivity contribution is 5.94. The molecular weight excluding hydrogens is 352 g/mol. The quantitative estimate of drug-likeness (QED) is 0.810. The zero-order chi connectivity index (χ0) is 19.1. The Kier molecular flexibility index (Phi) is 4.28. The Morgan fingerprint density at radius 2 is 1.96 bits per heavy atom. The number of amides is 1. The van der Waals surface area contributed by atoms with Crippen LogP contribution >= 0.6 is 0 Å². The van der Waals surface area contributed by atoms with E-state index in [9.17, 15) is 13.6 Å². The largest absolute Gasteiger partial charge is 0.354 e. The summed E-state index contributed by atoms with van der Waals surface area (Å²) in [4.78, 5) is 20.1. The summed E-state index contributed by atoms with van der Waals surface area (Å²) in [6.07, 6.45) is 3.05. The SMILES string of the molecule is Cc1ccc(N2CCC3(CN(C(=O)c4cccnc4)CCC3(F)F)C2)nn1. The van der Waals surface area contributed by atoms with E-state index in [1.54, 1.807) is 29.3 Å². The molecule has 8 heteroatoms. The lowest BCUT2D eigenvalue weighted by Crippen LogP contribution is -2.58. The van der Waals surface area contributed by atoms with E-state index in [0.29, 0.717) is 24.3 Å². The first-order chi connectivity index (χ1) is 12.9. The fraction of sp³-hybridized carbons (Fsp3) is 0.474. The van der Waals surface area contributed by atoms with Crippen molar-refractivity contribution in [2.75, 3.05) is 31.1 Å². The molecule has 2 fully saturated rings. The minimum absolute atomic E-state index is 0.0313. The molecule has 2 aromatic rings. The number of carbonyl (C=O) groups is 1. The number of anilines is 1. The maximum Gasteiger partial charge on any atom is 0.258 e. The molecule has 27 heavy (non-hydrogen) atoms. The van der Waals surface area contributed by atoms with Gasteiger partial charge < -0.3 is 9.80 Å². The minimum Gasteiger partial charge on any atom is -0.354 e. The molecule has 4 rings (SSSR count). The van der Waals surface area contributed by atoms with Crippen molar-refractivity contribution in [1.29, 1.82) is 0 Å². The number of aryl methyl sites for hydroxylation is 1. The normalized spacial score (nSPS) is 24.4. The van der Waals surface area contributed by atoms with Crippen LogP contribution in [0.1, 0.15) is 28.9 Å². The summed E-state index contributed by atoms with van der Waals surface area (Å²) in [5, 5.41) is 8.16. The molecule has 1 atom stereocenters. The van der Waals surface area contributed by atoms with Gasteiger partial charge in [0, 0.05) is 45.0 Å². The predicted molar refractivity (Wildman–Crippen MR) is 95.7 cm³/mol. The number of likely N-dealkylation sites (tertiary alicyclic amines) is 1. The summed E-state index contributed by atoms with van der Waals surface area (Å²) < 4.78 is 29.9. The Labute approximate surface area is 156 Å². The molecule has 1 unspecified atom stereocenters. The van der Waals surface area contributed by atoms with Crippen LogP contribution in [0.2, 0.25) is 0 Å². The summed E-state index contributed by atoms with van der Waals surface area (Å²) in [6.45, 7) is 2.55. The molecule has 2 aromatic heterocycles. The second kappa shape index (κ2) is 6.51. The van der Waals surface area contributed by atoms with Crippen LogP contribution in [-0.2, 0) is 0 Å². The van der Waals surface area contributed by atoms with Gasteiger partial charge in [0.05, 0.1) is 16.7 Å². The molecule has 0 aromatic carbocycles. The van der Waals surface area contributed by atoms with Gasteiger partial charge in [-0.15, -0.1) is 5.10 Å². The van der Waals surface area contributed by atoms with Gasteiger partial charge in [0.25, 0.3) is 11.8 Å². The third-order valence-corrected chi connectivity index (χ3v) is 5.62. The number of piperidine rings is 1. The molecule has 0 N–H and O–H groups in total. The number of carbonyl (C=O) groups excluding carboxylic acids is 1. The Bertz CT molecular complexity index is 830. The van der Waals surface area contributed by atoms with Crippen molar-refractivity contribution >= 4 is 11.7 Å². The lowest BCUT2D eigenvalue weighted by molar-refractivity contribution is -0.150. The summed E-state index contributed by atoms with van der Waals surface area (Å²) in [7, 11) is 0. The molecule has 142 valence electrons. The van der Waals surface area contributed by atoms with Crippen molar-refractivity contribution in [3.8, 4) is 0 Å². The zero-order valence-electron chi connectivity index (χ0n) is 15.1. The van der Waals surface area contributed by atoms with Gasteiger partial charge >= 0.3 is 0 Å². The van der Waals surface area contributed by atoms with Crippen LogP contribution < -0.4 is 4.90 Å². The van der Waals surface area contributed by atoms with Crippen LogP contribution in [0.3, 0.4) is 0 Å². The molecule has 0 bridgehead atoms. The van der Waals surface area contributed by atoms with Gasteiger partial charge in [-0.1, -0.05) is 0 Å². The Balaban J connectivity index is 1.56. The standard InChI is InChI=1S/C19H21F2N5O/c1-14-4-5-16(24-23-14)25-9-6-18(12-25)13-26(10-7-19(18,20)21)17(27)15-3-2-8-22-11-15/h2-5,8,11H,6-7,9-10,12-13H2,1H3. The Hall–Kier alpha value is -2.64. The van der Waals surface area contributed by atoms with Crippen molar-refractivity contribution in [1.82, 2.24) is 20.1 Å². The van der Waals surface area contributed by atoms with E-state index in [-0.39, 0.29) is 32.0 Å². The van der Waals surface area contributed by atoms with Crippen LogP contribution in [0, 0.1) is 12.3 Å². The zero-order valence-corrected chi connectivity index (χ0v) is 15.1. The lowest BCUT2D eigenvalue weighted by Gasteiger charge is -2.45. The highest BCUT2D eigenvalue weighted by Gasteiger charge is 2.60. The molecule has 1 spiro atoms. The van der Waals surface area contributed by atoms with Crippen LogP contribution in [-0.4, -0.2) is 58.1 Å². The number of rotatable bonds is 2. The first kappa shape index (κ1) is 17.8. The van der Waals surface area contributed by atoms with Crippen molar-refractivity contribution in [3.63, 3.8) is 0 Å². The third-order valence-electron chi connectivity index (χ3n) is 5.62. The average molecular weight is 373 g/mol. The highest BCUT2D eigenvalue weighted by atomic mass is 19.3. The van der Waals surface area contributed by atoms with Crippen molar-refractivity contribution < 1.29 is 13.6 Å². The average Bonchev–Trinajstić information content (AvgIpc) is 3.11. The van der Waals surface area contributed by atoms with Gasteiger partial charge in [-0.2, -0.15) is 5.10 Å². The molecule has 0 saturated carbocycles. The molecule has 4 heterocycles. The fourth-order valence-electron chi connectivity index (χ4n) is 4.00. The monoisotopic (exact) mass is 373 g/mol.